The molecule has 0 saturated carbocycles. The average Bonchev–Trinajstić information content (AvgIpc) is 2.62. The van der Waals surface area contributed by atoms with Crippen molar-refractivity contribution >= 4 is 18.6 Å². The minimum Gasteiger partial charge on any atom is -0.600 e. The molecule has 2 aliphatic rings. The maximum Gasteiger partial charge on any atom is 0.588 e. The van der Waals surface area contributed by atoms with Crippen LogP contribution in [-0.4, -0.2) is 43.2 Å². The lowest BCUT2D eigenvalue weighted by molar-refractivity contribution is -0.794. The SMILES string of the molecule is C[N+]12CC(=O)O[B-]1(Cc1ccccc1)OC(=O)C2. The van der Waals surface area contributed by atoms with Gasteiger partial charge in [0.15, 0.2) is 0 Å². The van der Waals surface area contributed by atoms with Crippen LogP contribution >= 0.6 is 0 Å². The van der Waals surface area contributed by atoms with Gasteiger partial charge in [0.2, 0.25) is 0 Å². The van der Waals surface area contributed by atoms with Crippen LogP contribution in [0.4, 0.5) is 0 Å². The summed E-state index contributed by atoms with van der Waals surface area (Å²) in [5.74, 6) is -0.582. The van der Waals surface area contributed by atoms with Gasteiger partial charge in [-0.3, -0.25) is 9.59 Å². The second-order valence-electron chi connectivity index (χ2n) is 5.29. The molecule has 0 amide bonds. The maximum absolute atomic E-state index is 11.6. The van der Waals surface area contributed by atoms with E-state index in [1.54, 1.807) is 0 Å². The van der Waals surface area contributed by atoms with Crippen molar-refractivity contribution in [3.63, 3.8) is 0 Å². The lowest BCUT2D eigenvalue weighted by Crippen LogP contribution is -2.61. The molecule has 0 aromatic heterocycles. The van der Waals surface area contributed by atoms with E-state index in [-0.39, 0.29) is 29.4 Å². The minimum atomic E-state index is -1.93. The highest BCUT2D eigenvalue weighted by Crippen LogP contribution is 2.35. The topological polar surface area (TPSA) is 52.6 Å². The molecular formula is C12H14BNO4. The first-order valence-electron chi connectivity index (χ1n) is 6.01. The number of fused-ring (bicyclic) bond motifs is 1. The van der Waals surface area contributed by atoms with Crippen molar-refractivity contribution in [2.45, 2.75) is 6.32 Å². The van der Waals surface area contributed by atoms with Crippen molar-refractivity contribution < 1.29 is 23.3 Å². The van der Waals surface area contributed by atoms with Crippen LogP contribution in [0.1, 0.15) is 5.56 Å². The zero-order valence-corrected chi connectivity index (χ0v) is 10.2. The van der Waals surface area contributed by atoms with Gasteiger partial charge in [0, 0.05) is 7.05 Å². The number of carbonyl (C=O) groups is 2. The number of nitrogens with zero attached hydrogens (tertiary/aromatic N) is 1. The predicted octanol–water partition coefficient (Wildman–Crippen LogP) is 0.267. The summed E-state index contributed by atoms with van der Waals surface area (Å²) < 4.78 is 11.0. The van der Waals surface area contributed by atoms with E-state index in [0.29, 0.717) is 6.32 Å². The van der Waals surface area contributed by atoms with Gasteiger partial charge in [-0.2, -0.15) is 0 Å². The van der Waals surface area contributed by atoms with Gasteiger partial charge < -0.3 is 13.7 Å². The average molecular weight is 247 g/mol. The van der Waals surface area contributed by atoms with Crippen LogP contribution in [-0.2, 0) is 25.2 Å². The highest BCUT2D eigenvalue weighted by atomic mass is 16.7. The molecule has 2 heterocycles. The molecule has 1 aromatic rings. The number of rotatable bonds is 2. The van der Waals surface area contributed by atoms with Crippen molar-refractivity contribution in [1.29, 1.82) is 0 Å². The molecule has 94 valence electrons. The molecule has 2 saturated heterocycles. The molecule has 0 spiro atoms. The number of quaternary nitrogens is 1. The summed E-state index contributed by atoms with van der Waals surface area (Å²) in [6, 6.07) is 9.64. The Morgan fingerprint density at radius 3 is 2.22 bits per heavy atom. The number of hydrogen-bond acceptors (Lipinski definition) is 4. The van der Waals surface area contributed by atoms with E-state index >= 15 is 0 Å². The Morgan fingerprint density at radius 1 is 1.11 bits per heavy atom. The van der Waals surface area contributed by atoms with Crippen LogP contribution in [0.15, 0.2) is 30.3 Å². The third-order valence-corrected chi connectivity index (χ3v) is 3.90. The second-order valence-corrected chi connectivity index (χ2v) is 5.29. The molecule has 3 rings (SSSR count). The summed E-state index contributed by atoms with van der Waals surface area (Å²) in [5.41, 5.74) is 1.01. The van der Waals surface area contributed by atoms with Crippen LogP contribution < -0.4 is 0 Å². The highest BCUT2D eigenvalue weighted by molar-refractivity contribution is 6.65. The Bertz CT molecular complexity index is 496. The first kappa shape index (κ1) is 11.3. The van der Waals surface area contributed by atoms with E-state index in [9.17, 15) is 9.59 Å². The van der Waals surface area contributed by atoms with Crippen LogP contribution in [0.2, 0.25) is 0 Å². The molecule has 0 atom stereocenters. The van der Waals surface area contributed by atoms with Crippen molar-refractivity contribution in [1.82, 2.24) is 0 Å². The smallest absolute Gasteiger partial charge is 0.588 e. The normalized spacial score (nSPS) is 34.1. The minimum absolute atomic E-state index is 0.207. The van der Waals surface area contributed by atoms with E-state index in [2.05, 4.69) is 0 Å². The number of benzene rings is 1. The monoisotopic (exact) mass is 247 g/mol. The summed E-state index contributed by atoms with van der Waals surface area (Å²) in [4.78, 5) is 23.1. The van der Waals surface area contributed by atoms with Gasteiger partial charge in [-0.1, -0.05) is 35.9 Å². The largest absolute Gasteiger partial charge is 0.600 e. The molecule has 2 aliphatic heterocycles. The first-order chi connectivity index (χ1) is 8.53. The molecule has 6 heteroatoms. The van der Waals surface area contributed by atoms with Crippen LogP contribution in [0, 0.1) is 0 Å². The van der Waals surface area contributed by atoms with Crippen molar-refractivity contribution in [2.75, 3.05) is 20.1 Å². The summed E-state index contributed by atoms with van der Waals surface area (Å²) in [5, 5.41) is 0. The Morgan fingerprint density at radius 2 is 1.67 bits per heavy atom. The van der Waals surface area contributed by atoms with Crippen molar-refractivity contribution in [3.05, 3.63) is 35.9 Å². The molecule has 18 heavy (non-hydrogen) atoms. The molecular weight excluding hydrogens is 233 g/mol. The van der Waals surface area contributed by atoms with Crippen molar-refractivity contribution in [2.24, 2.45) is 0 Å². The van der Waals surface area contributed by atoms with Crippen LogP contribution in [0.25, 0.3) is 0 Å². The van der Waals surface area contributed by atoms with E-state index in [1.807, 2.05) is 37.4 Å². The van der Waals surface area contributed by atoms with Crippen LogP contribution in [0.3, 0.4) is 0 Å². The highest BCUT2D eigenvalue weighted by Gasteiger charge is 2.64. The summed E-state index contributed by atoms with van der Waals surface area (Å²) in [7, 11) is 1.85. The lowest BCUT2D eigenvalue weighted by atomic mass is 9.63. The maximum atomic E-state index is 11.6. The van der Waals surface area contributed by atoms with Gasteiger partial charge in [0.25, 0.3) is 0 Å². The van der Waals surface area contributed by atoms with Gasteiger partial charge in [0.1, 0.15) is 13.1 Å². The zero-order valence-electron chi connectivity index (χ0n) is 10.2. The van der Waals surface area contributed by atoms with Gasteiger partial charge in [0.05, 0.1) is 0 Å². The number of likely N-dealkylation sites (N-methyl/N-ethyl adjacent to an activating group) is 1. The fourth-order valence-corrected chi connectivity index (χ4v) is 2.90. The van der Waals surface area contributed by atoms with Gasteiger partial charge in [-0.05, 0) is 6.32 Å². The fourth-order valence-electron chi connectivity index (χ4n) is 2.90. The molecule has 0 aliphatic carbocycles. The molecule has 1 aromatic carbocycles. The lowest BCUT2D eigenvalue weighted by Gasteiger charge is -2.39. The second kappa shape index (κ2) is 3.59. The quantitative estimate of drug-likeness (QED) is 0.704. The number of hydrogen-bond donors (Lipinski definition) is 0. The summed E-state index contributed by atoms with van der Waals surface area (Å²) in [6.07, 6.45) is 0.453. The summed E-state index contributed by atoms with van der Waals surface area (Å²) in [6.45, 7) is -1.51. The first-order valence-corrected chi connectivity index (χ1v) is 6.01. The van der Waals surface area contributed by atoms with Crippen LogP contribution in [0.5, 0.6) is 0 Å². The summed E-state index contributed by atoms with van der Waals surface area (Å²) >= 11 is 0. The molecule has 0 unspecified atom stereocenters. The van der Waals surface area contributed by atoms with E-state index < -0.39 is 6.69 Å². The van der Waals surface area contributed by atoms with E-state index in [1.165, 1.54) is 0 Å². The van der Waals surface area contributed by atoms with Gasteiger partial charge in [-0.15, -0.1) is 0 Å². The van der Waals surface area contributed by atoms with Gasteiger partial charge >= 0.3 is 18.6 Å². The van der Waals surface area contributed by atoms with Crippen molar-refractivity contribution in [3.8, 4) is 0 Å². The third kappa shape index (κ3) is 1.53. The molecule has 0 N–H and O–H groups in total. The Balaban J connectivity index is 1.96. The number of carbonyl (C=O) groups excluding carboxylic acids is 2. The molecule has 0 radical (unpaired) electrons. The fraction of sp³-hybridized carbons (Fsp3) is 0.333. The third-order valence-electron chi connectivity index (χ3n) is 3.90. The van der Waals surface area contributed by atoms with Gasteiger partial charge in [-0.25, -0.2) is 0 Å². The molecule has 2 fully saturated rings. The van der Waals surface area contributed by atoms with E-state index in [0.717, 1.165) is 5.56 Å². The molecule has 0 bridgehead atoms. The van der Waals surface area contributed by atoms with E-state index in [4.69, 9.17) is 9.31 Å². The molecule has 5 nitrogen and oxygen atoms in total. The Labute approximate surface area is 105 Å². The standard InChI is InChI=1S/C12H14BNO4/c1-14-8-11(15)17-13(14,18-12(16)9-14)7-10-5-3-2-4-6-10/h2-6H,7-9H2,1H3. The Hall–Kier alpha value is -1.82. The zero-order chi connectivity index (χ0) is 12.8. The predicted molar refractivity (Wildman–Crippen MR) is 64.0 cm³/mol. The Kier molecular flexibility index (Phi) is 2.25.